The highest BCUT2D eigenvalue weighted by atomic mass is 35.5. The fraction of sp³-hybridized carbons (Fsp3) is 0.211. The van der Waals surface area contributed by atoms with Gasteiger partial charge in [0.2, 0.25) is 10.0 Å². The molecule has 0 atom stereocenters. The van der Waals surface area contributed by atoms with Crippen molar-refractivity contribution in [2.75, 3.05) is 13.1 Å². The number of phenolic OH excluding ortho intramolecular Hbond substituents is 1. The maximum atomic E-state index is 12.7. The first-order valence-electron chi connectivity index (χ1n) is 9.02. The van der Waals surface area contributed by atoms with Crippen molar-refractivity contribution < 1.29 is 18.4 Å². The highest BCUT2D eigenvalue weighted by Crippen LogP contribution is 2.30. The molecular weight excluding hydrogens is 432 g/mol. The zero-order valence-electron chi connectivity index (χ0n) is 16.2. The maximum absolute atomic E-state index is 12.7. The van der Waals surface area contributed by atoms with Crippen LogP contribution in [0.5, 0.6) is 5.75 Å². The highest BCUT2D eigenvalue weighted by Gasteiger charge is 2.22. The van der Waals surface area contributed by atoms with Crippen LogP contribution >= 0.6 is 11.6 Å². The van der Waals surface area contributed by atoms with E-state index in [9.17, 15) is 23.6 Å². The van der Waals surface area contributed by atoms with Crippen LogP contribution in [0.3, 0.4) is 0 Å². The molecule has 11 heteroatoms. The SMILES string of the molecule is CCN(CC)S(=O)(=O)c1ccc2nc(/C(Cl)=C/c3ccc(O)c([N+](=O)[O-])c3)[nH]c2c1. The summed E-state index contributed by atoms with van der Waals surface area (Å²) < 4.78 is 26.8. The molecule has 9 nitrogen and oxygen atoms in total. The summed E-state index contributed by atoms with van der Waals surface area (Å²) in [6.45, 7) is 4.26. The summed E-state index contributed by atoms with van der Waals surface area (Å²) in [4.78, 5) is 17.7. The van der Waals surface area contributed by atoms with Crippen LogP contribution in [0.1, 0.15) is 25.2 Å². The Labute approximate surface area is 177 Å². The minimum absolute atomic E-state index is 0.142. The summed E-state index contributed by atoms with van der Waals surface area (Å²) in [6, 6.07) is 8.44. The normalized spacial score (nSPS) is 12.6. The number of aromatic hydroxyl groups is 1. The number of fused-ring (bicyclic) bond motifs is 1. The van der Waals surface area contributed by atoms with E-state index in [1.807, 2.05) is 0 Å². The van der Waals surface area contributed by atoms with E-state index in [1.54, 1.807) is 19.9 Å². The van der Waals surface area contributed by atoms with E-state index in [4.69, 9.17) is 11.6 Å². The smallest absolute Gasteiger partial charge is 0.311 e. The number of sulfonamides is 1. The zero-order chi connectivity index (χ0) is 22.1. The molecule has 0 aliphatic rings. The molecule has 2 aromatic carbocycles. The maximum Gasteiger partial charge on any atom is 0.311 e. The Morgan fingerprint density at radius 2 is 1.97 bits per heavy atom. The Balaban J connectivity index is 1.99. The molecule has 0 unspecified atom stereocenters. The summed E-state index contributed by atoms with van der Waals surface area (Å²) >= 11 is 6.32. The number of aromatic nitrogens is 2. The number of imidazole rings is 1. The Kier molecular flexibility index (Phi) is 6.11. The van der Waals surface area contributed by atoms with Gasteiger partial charge in [-0.1, -0.05) is 31.5 Å². The van der Waals surface area contributed by atoms with Gasteiger partial charge in [0, 0.05) is 19.2 Å². The van der Waals surface area contributed by atoms with E-state index in [-0.39, 0.29) is 15.8 Å². The first kappa shape index (κ1) is 21.8. The van der Waals surface area contributed by atoms with Crippen LogP contribution in [0.25, 0.3) is 22.1 Å². The molecule has 30 heavy (non-hydrogen) atoms. The predicted molar refractivity (Wildman–Crippen MR) is 115 cm³/mol. The van der Waals surface area contributed by atoms with Gasteiger partial charge >= 0.3 is 5.69 Å². The van der Waals surface area contributed by atoms with Crippen LogP contribution in [-0.2, 0) is 10.0 Å². The lowest BCUT2D eigenvalue weighted by Crippen LogP contribution is -2.30. The van der Waals surface area contributed by atoms with E-state index in [0.717, 1.165) is 0 Å². The van der Waals surface area contributed by atoms with Crippen LogP contribution in [-0.4, -0.2) is 45.8 Å². The summed E-state index contributed by atoms with van der Waals surface area (Å²) in [6.07, 6.45) is 1.46. The lowest BCUT2D eigenvalue weighted by atomic mass is 10.1. The molecule has 3 aromatic rings. The van der Waals surface area contributed by atoms with Crippen molar-refractivity contribution in [2.24, 2.45) is 0 Å². The van der Waals surface area contributed by atoms with E-state index in [2.05, 4.69) is 9.97 Å². The average Bonchev–Trinajstić information content (AvgIpc) is 3.13. The molecule has 158 valence electrons. The van der Waals surface area contributed by atoms with E-state index in [0.29, 0.717) is 29.7 Å². The van der Waals surface area contributed by atoms with Gasteiger partial charge in [0.05, 0.1) is 25.9 Å². The zero-order valence-corrected chi connectivity index (χ0v) is 17.7. The Morgan fingerprint density at radius 1 is 1.27 bits per heavy atom. The standard InChI is InChI=1S/C19H19ClN4O5S/c1-3-23(4-2)30(28,29)13-6-7-15-16(11-13)22-19(21-15)14(20)9-12-5-8-18(25)17(10-12)24(26)27/h5-11,25H,3-4H2,1-2H3,(H,21,22)/b14-9-. The van der Waals surface area contributed by atoms with E-state index in [1.165, 1.54) is 40.7 Å². The van der Waals surface area contributed by atoms with Crippen LogP contribution in [0.15, 0.2) is 41.3 Å². The van der Waals surface area contributed by atoms with Gasteiger partial charge in [0.25, 0.3) is 0 Å². The van der Waals surface area contributed by atoms with Crippen molar-refractivity contribution in [2.45, 2.75) is 18.7 Å². The molecule has 2 N–H and O–H groups in total. The number of nitro groups is 1. The number of hydrogen-bond acceptors (Lipinski definition) is 6. The second-order valence-electron chi connectivity index (χ2n) is 6.35. The van der Waals surface area contributed by atoms with Crippen molar-refractivity contribution in [3.8, 4) is 5.75 Å². The van der Waals surface area contributed by atoms with Gasteiger partial charge in [0.1, 0.15) is 5.82 Å². The summed E-state index contributed by atoms with van der Waals surface area (Å²) in [7, 11) is -3.62. The first-order chi connectivity index (χ1) is 14.2. The number of H-pyrrole nitrogens is 1. The summed E-state index contributed by atoms with van der Waals surface area (Å²) in [5, 5.41) is 20.7. The molecule has 0 fully saturated rings. The molecule has 0 bridgehead atoms. The predicted octanol–water partition coefficient (Wildman–Crippen LogP) is 3.94. The van der Waals surface area contributed by atoms with Gasteiger partial charge in [-0.2, -0.15) is 4.31 Å². The van der Waals surface area contributed by atoms with E-state index < -0.39 is 26.4 Å². The molecule has 0 aliphatic carbocycles. The quantitative estimate of drug-likeness (QED) is 0.414. The van der Waals surface area contributed by atoms with Gasteiger partial charge in [-0.3, -0.25) is 10.1 Å². The third kappa shape index (κ3) is 4.16. The number of nitro benzene ring substituents is 1. The molecule has 1 aromatic heterocycles. The largest absolute Gasteiger partial charge is 0.502 e. The second kappa shape index (κ2) is 8.42. The van der Waals surface area contributed by atoms with Gasteiger partial charge in [0.15, 0.2) is 5.75 Å². The second-order valence-corrected chi connectivity index (χ2v) is 8.70. The summed E-state index contributed by atoms with van der Waals surface area (Å²) in [5.74, 6) is -0.168. The molecule has 3 rings (SSSR count). The number of aromatic amines is 1. The van der Waals surface area contributed by atoms with Gasteiger partial charge in [-0.15, -0.1) is 0 Å². The van der Waals surface area contributed by atoms with Crippen LogP contribution < -0.4 is 0 Å². The fourth-order valence-electron chi connectivity index (χ4n) is 2.97. The Morgan fingerprint density at radius 3 is 2.60 bits per heavy atom. The number of nitrogens with one attached hydrogen (secondary N) is 1. The number of nitrogens with zero attached hydrogens (tertiary/aromatic N) is 3. The summed E-state index contributed by atoms with van der Waals surface area (Å²) in [5.41, 5.74) is 0.965. The number of benzene rings is 2. The Hall–Kier alpha value is -2.95. The van der Waals surface area contributed by atoms with Gasteiger partial charge in [-0.05, 0) is 35.9 Å². The molecule has 0 saturated carbocycles. The van der Waals surface area contributed by atoms with Crippen molar-refractivity contribution in [1.82, 2.24) is 14.3 Å². The molecular formula is C19H19ClN4O5S. The topological polar surface area (TPSA) is 129 Å². The lowest BCUT2D eigenvalue weighted by molar-refractivity contribution is -0.385. The molecule has 0 radical (unpaired) electrons. The lowest BCUT2D eigenvalue weighted by Gasteiger charge is -2.18. The number of rotatable bonds is 7. The molecule has 0 saturated heterocycles. The molecule has 0 spiro atoms. The van der Waals surface area contributed by atoms with Crippen LogP contribution in [0.4, 0.5) is 5.69 Å². The number of halogens is 1. The van der Waals surface area contributed by atoms with Crippen LogP contribution in [0.2, 0.25) is 0 Å². The van der Waals surface area contributed by atoms with Gasteiger partial charge in [-0.25, -0.2) is 13.4 Å². The Bertz CT molecular complexity index is 1250. The molecule has 0 amide bonds. The van der Waals surface area contributed by atoms with Gasteiger partial charge < -0.3 is 10.1 Å². The average molecular weight is 451 g/mol. The van der Waals surface area contributed by atoms with E-state index >= 15 is 0 Å². The minimum atomic E-state index is -3.62. The van der Waals surface area contributed by atoms with Crippen LogP contribution in [0, 0.1) is 10.1 Å². The number of phenols is 1. The van der Waals surface area contributed by atoms with Crippen molar-refractivity contribution in [1.29, 1.82) is 0 Å². The first-order valence-corrected chi connectivity index (χ1v) is 10.8. The third-order valence-electron chi connectivity index (χ3n) is 4.51. The highest BCUT2D eigenvalue weighted by molar-refractivity contribution is 7.89. The monoisotopic (exact) mass is 450 g/mol. The van der Waals surface area contributed by atoms with Crippen molar-refractivity contribution in [3.05, 3.63) is 57.9 Å². The molecule has 0 aliphatic heterocycles. The molecule has 1 heterocycles. The fourth-order valence-corrected chi connectivity index (χ4v) is 4.67. The number of hydrogen-bond donors (Lipinski definition) is 2. The van der Waals surface area contributed by atoms with Crippen molar-refractivity contribution in [3.63, 3.8) is 0 Å². The third-order valence-corrected chi connectivity index (χ3v) is 6.85. The van der Waals surface area contributed by atoms with Crippen molar-refractivity contribution >= 4 is 49.5 Å². The minimum Gasteiger partial charge on any atom is -0.502 e.